The average molecular weight is 351 g/mol. The van der Waals surface area contributed by atoms with Gasteiger partial charge in [-0.2, -0.15) is 0 Å². The van der Waals surface area contributed by atoms with Crippen LogP contribution >= 0.6 is 0 Å². The average Bonchev–Trinajstić information content (AvgIpc) is 2.67. The summed E-state index contributed by atoms with van der Waals surface area (Å²) in [6.45, 7) is 2.29. The maximum absolute atomic E-state index is 5.94. The summed E-state index contributed by atoms with van der Waals surface area (Å²) >= 11 is 0. The van der Waals surface area contributed by atoms with Crippen molar-refractivity contribution < 1.29 is 0 Å². The van der Waals surface area contributed by atoms with E-state index in [0.717, 1.165) is 17.3 Å². The van der Waals surface area contributed by atoms with Crippen molar-refractivity contribution in [3.8, 4) is 0 Å². The SMILES string of the molecule is CCCCCCC1CCC(c2ccc(N)cc2)(c2ccc(N)cc2)CC1. The molecule has 3 rings (SSSR count). The molecule has 0 radical (unpaired) electrons. The first-order chi connectivity index (χ1) is 12.6. The molecule has 1 fully saturated rings. The molecule has 0 aliphatic heterocycles. The second-order valence-electron chi connectivity index (χ2n) is 8.12. The zero-order chi connectivity index (χ0) is 18.4. The molecule has 4 N–H and O–H groups in total. The van der Waals surface area contributed by atoms with Gasteiger partial charge in [-0.05, 0) is 67.0 Å². The van der Waals surface area contributed by atoms with Crippen LogP contribution in [0.2, 0.25) is 0 Å². The Kier molecular flexibility index (Phi) is 6.24. The van der Waals surface area contributed by atoms with Gasteiger partial charge in [0.15, 0.2) is 0 Å². The molecule has 2 nitrogen and oxygen atoms in total. The molecule has 1 saturated carbocycles. The van der Waals surface area contributed by atoms with Crippen LogP contribution in [0.4, 0.5) is 11.4 Å². The number of hydrogen-bond donors (Lipinski definition) is 2. The highest BCUT2D eigenvalue weighted by atomic mass is 14.5. The Labute approximate surface area is 159 Å². The number of nitrogen functional groups attached to an aromatic ring is 2. The number of hydrogen-bond acceptors (Lipinski definition) is 2. The normalized spacial score (nSPS) is 17.3. The minimum atomic E-state index is 0.112. The molecule has 0 atom stereocenters. The third kappa shape index (κ3) is 4.23. The molecule has 0 bridgehead atoms. The summed E-state index contributed by atoms with van der Waals surface area (Å²) < 4.78 is 0. The first-order valence-electron chi connectivity index (χ1n) is 10.4. The molecule has 2 aromatic rings. The lowest BCUT2D eigenvalue weighted by atomic mass is 9.62. The van der Waals surface area contributed by atoms with Gasteiger partial charge in [0.05, 0.1) is 0 Å². The molecule has 0 heterocycles. The van der Waals surface area contributed by atoms with E-state index in [-0.39, 0.29) is 5.41 Å². The molecule has 0 unspecified atom stereocenters. The Hall–Kier alpha value is -1.96. The van der Waals surface area contributed by atoms with Crippen molar-refractivity contribution in [2.75, 3.05) is 11.5 Å². The number of anilines is 2. The number of nitrogens with two attached hydrogens (primary N) is 2. The molecule has 0 aromatic heterocycles. The van der Waals surface area contributed by atoms with Crippen molar-refractivity contribution in [2.24, 2.45) is 5.92 Å². The molecule has 1 aliphatic rings. The molecule has 26 heavy (non-hydrogen) atoms. The highest BCUT2D eigenvalue weighted by molar-refractivity contribution is 5.49. The van der Waals surface area contributed by atoms with Gasteiger partial charge >= 0.3 is 0 Å². The Morgan fingerprint density at radius 3 is 1.73 bits per heavy atom. The molecule has 2 aromatic carbocycles. The lowest BCUT2D eigenvalue weighted by molar-refractivity contribution is 0.250. The van der Waals surface area contributed by atoms with Gasteiger partial charge in [0.1, 0.15) is 0 Å². The fourth-order valence-corrected chi connectivity index (χ4v) is 4.67. The maximum Gasteiger partial charge on any atom is 0.0314 e. The zero-order valence-electron chi connectivity index (χ0n) is 16.2. The summed E-state index contributed by atoms with van der Waals surface area (Å²) in [4.78, 5) is 0. The van der Waals surface area contributed by atoms with Crippen molar-refractivity contribution in [3.63, 3.8) is 0 Å². The van der Waals surface area contributed by atoms with Crippen LogP contribution in [0.1, 0.15) is 75.8 Å². The number of rotatable bonds is 7. The molecular weight excluding hydrogens is 316 g/mol. The standard InChI is InChI=1S/C24H34N2/c1-2-3-4-5-6-19-15-17-24(18-16-19,20-7-11-22(25)12-8-20)21-9-13-23(26)14-10-21/h7-14,19H,2-6,15-18,25-26H2,1H3. The summed E-state index contributed by atoms with van der Waals surface area (Å²) in [5, 5.41) is 0. The van der Waals surface area contributed by atoms with Crippen molar-refractivity contribution >= 4 is 11.4 Å². The second-order valence-corrected chi connectivity index (χ2v) is 8.12. The van der Waals surface area contributed by atoms with Crippen LogP contribution in [0.25, 0.3) is 0 Å². The van der Waals surface area contributed by atoms with E-state index in [1.807, 2.05) is 24.3 Å². The second kappa shape index (κ2) is 8.62. The van der Waals surface area contributed by atoms with Gasteiger partial charge in [-0.3, -0.25) is 0 Å². The minimum Gasteiger partial charge on any atom is -0.399 e. The van der Waals surface area contributed by atoms with Crippen molar-refractivity contribution in [1.29, 1.82) is 0 Å². The Morgan fingerprint density at radius 1 is 0.769 bits per heavy atom. The Bertz CT molecular complexity index is 617. The predicted octanol–water partition coefficient (Wildman–Crippen LogP) is 6.30. The highest BCUT2D eigenvalue weighted by Crippen LogP contribution is 2.47. The summed E-state index contributed by atoms with van der Waals surface area (Å²) in [5.41, 5.74) is 16.5. The molecule has 140 valence electrons. The predicted molar refractivity (Wildman–Crippen MR) is 113 cm³/mol. The van der Waals surface area contributed by atoms with Crippen LogP contribution in [-0.4, -0.2) is 0 Å². The minimum absolute atomic E-state index is 0.112. The fraction of sp³-hybridized carbons (Fsp3) is 0.500. The summed E-state index contributed by atoms with van der Waals surface area (Å²) in [6.07, 6.45) is 12.0. The van der Waals surface area contributed by atoms with Crippen molar-refractivity contribution in [2.45, 2.75) is 70.1 Å². The molecule has 1 aliphatic carbocycles. The quantitative estimate of drug-likeness (QED) is 0.455. The zero-order valence-corrected chi connectivity index (χ0v) is 16.2. The van der Waals surface area contributed by atoms with Gasteiger partial charge in [0.2, 0.25) is 0 Å². The molecule has 0 saturated heterocycles. The van der Waals surface area contributed by atoms with E-state index in [1.54, 1.807) is 0 Å². The van der Waals surface area contributed by atoms with Crippen molar-refractivity contribution in [3.05, 3.63) is 59.7 Å². The molecule has 0 spiro atoms. The van der Waals surface area contributed by atoms with Gasteiger partial charge in [-0.15, -0.1) is 0 Å². The Morgan fingerprint density at radius 2 is 1.27 bits per heavy atom. The fourth-order valence-electron chi connectivity index (χ4n) is 4.67. The van der Waals surface area contributed by atoms with E-state index >= 15 is 0 Å². The van der Waals surface area contributed by atoms with Crippen LogP contribution in [0.15, 0.2) is 48.5 Å². The summed E-state index contributed by atoms with van der Waals surface area (Å²) in [7, 11) is 0. The summed E-state index contributed by atoms with van der Waals surface area (Å²) in [6, 6.07) is 17.1. The molecule has 2 heteroatoms. The molecular formula is C24H34N2. The number of unbranched alkanes of at least 4 members (excludes halogenated alkanes) is 3. The van der Waals surface area contributed by atoms with E-state index in [0.29, 0.717) is 0 Å². The van der Waals surface area contributed by atoms with Gasteiger partial charge < -0.3 is 11.5 Å². The van der Waals surface area contributed by atoms with Crippen LogP contribution in [0, 0.1) is 5.92 Å². The first-order valence-corrected chi connectivity index (χ1v) is 10.4. The van der Waals surface area contributed by atoms with Gasteiger partial charge in [-0.1, -0.05) is 63.3 Å². The van der Waals surface area contributed by atoms with E-state index < -0.39 is 0 Å². The lowest BCUT2D eigenvalue weighted by Crippen LogP contribution is -2.33. The van der Waals surface area contributed by atoms with Crippen LogP contribution in [0.3, 0.4) is 0 Å². The monoisotopic (exact) mass is 350 g/mol. The van der Waals surface area contributed by atoms with Crippen LogP contribution < -0.4 is 11.5 Å². The third-order valence-corrected chi connectivity index (χ3v) is 6.35. The van der Waals surface area contributed by atoms with Gasteiger partial charge in [-0.25, -0.2) is 0 Å². The van der Waals surface area contributed by atoms with Crippen LogP contribution in [0.5, 0.6) is 0 Å². The lowest BCUT2D eigenvalue weighted by Gasteiger charge is -2.41. The first kappa shape index (κ1) is 18.8. The van der Waals surface area contributed by atoms with Gasteiger partial charge in [0, 0.05) is 16.8 Å². The van der Waals surface area contributed by atoms with E-state index in [1.165, 1.54) is 68.9 Å². The number of benzene rings is 2. The van der Waals surface area contributed by atoms with E-state index in [9.17, 15) is 0 Å². The van der Waals surface area contributed by atoms with E-state index in [2.05, 4.69) is 31.2 Å². The summed E-state index contributed by atoms with van der Waals surface area (Å²) in [5.74, 6) is 0.891. The Balaban J connectivity index is 1.78. The third-order valence-electron chi connectivity index (χ3n) is 6.35. The largest absolute Gasteiger partial charge is 0.399 e. The topological polar surface area (TPSA) is 52.0 Å². The smallest absolute Gasteiger partial charge is 0.0314 e. The molecule has 0 amide bonds. The van der Waals surface area contributed by atoms with E-state index in [4.69, 9.17) is 11.5 Å². The maximum atomic E-state index is 5.94. The van der Waals surface area contributed by atoms with Crippen LogP contribution in [-0.2, 0) is 5.41 Å². The van der Waals surface area contributed by atoms with Gasteiger partial charge in [0.25, 0.3) is 0 Å². The highest BCUT2D eigenvalue weighted by Gasteiger charge is 2.38. The van der Waals surface area contributed by atoms with Crippen molar-refractivity contribution in [1.82, 2.24) is 0 Å².